The van der Waals surface area contributed by atoms with Gasteiger partial charge in [-0.05, 0) is 45.8 Å². The average molecular weight is 353 g/mol. The minimum absolute atomic E-state index is 0.327. The van der Waals surface area contributed by atoms with Crippen LogP contribution >= 0.6 is 15.9 Å². The number of nitrogens with zero attached hydrogens (tertiary/aromatic N) is 1. The maximum Gasteiger partial charge on any atom is 0.219 e. The van der Waals surface area contributed by atoms with E-state index in [4.69, 9.17) is 19.9 Å². The first-order valence-corrected chi connectivity index (χ1v) is 7.16. The second kappa shape index (κ2) is 7.28. The second-order valence-electron chi connectivity index (χ2n) is 4.27. The van der Waals surface area contributed by atoms with Crippen molar-refractivity contribution in [3.05, 3.63) is 46.1 Å². The molecule has 0 aliphatic carbocycles. The van der Waals surface area contributed by atoms with Crippen molar-refractivity contribution >= 4 is 15.9 Å². The standard InChI is InChI=1S/C15H17BrN2O3/c1-19-13-7-10(8-17)6-12(16)14(13)21-9-11-4-3-5-18-15(11)20-2/h3-7H,8-9,17H2,1-2H3. The van der Waals surface area contributed by atoms with Gasteiger partial charge in [0.25, 0.3) is 0 Å². The topological polar surface area (TPSA) is 66.6 Å². The SMILES string of the molecule is COc1cc(CN)cc(Br)c1OCc1cccnc1OC. The molecule has 0 amide bonds. The third-order valence-corrected chi connectivity index (χ3v) is 3.53. The molecule has 112 valence electrons. The zero-order chi connectivity index (χ0) is 15.2. The molecule has 6 heteroatoms. The van der Waals surface area contributed by atoms with E-state index in [0.717, 1.165) is 15.6 Å². The van der Waals surface area contributed by atoms with E-state index in [9.17, 15) is 0 Å². The van der Waals surface area contributed by atoms with Gasteiger partial charge in [0.05, 0.1) is 24.3 Å². The van der Waals surface area contributed by atoms with Crippen LogP contribution in [0.25, 0.3) is 0 Å². The lowest BCUT2D eigenvalue weighted by Crippen LogP contribution is -2.03. The van der Waals surface area contributed by atoms with Crippen LogP contribution in [0.5, 0.6) is 17.4 Å². The molecule has 1 heterocycles. The summed E-state index contributed by atoms with van der Waals surface area (Å²) in [6, 6.07) is 7.52. The number of hydrogen-bond donors (Lipinski definition) is 1. The quantitative estimate of drug-likeness (QED) is 0.865. The Bertz CT molecular complexity index is 620. The molecule has 2 aromatic rings. The molecule has 2 rings (SSSR count). The van der Waals surface area contributed by atoms with Crippen molar-refractivity contribution in [2.45, 2.75) is 13.2 Å². The number of benzene rings is 1. The normalized spacial score (nSPS) is 10.3. The first-order valence-electron chi connectivity index (χ1n) is 6.36. The largest absolute Gasteiger partial charge is 0.493 e. The Kier molecular flexibility index (Phi) is 5.41. The highest BCUT2D eigenvalue weighted by molar-refractivity contribution is 9.10. The van der Waals surface area contributed by atoms with E-state index < -0.39 is 0 Å². The summed E-state index contributed by atoms with van der Waals surface area (Å²) < 4.78 is 17.2. The van der Waals surface area contributed by atoms with Crippen LogP contribution in [0.4, 0.5) is 0 Å². The first-order chi connectivity index (χ1) is 10.2. The van der Waals surface area contributed by atoms with Crippen molar-refractivity contribution in [3.63, 3.8) is 0 Å². The van der Waals surface area contributed by atoms with E-state index in [-0.39, 0.29) is 0 Å². The Balaban J connectivity index is 2.23. The zero-order valence-corrected chi connectivity index (χ0v) is 13.5. The van der Waals surface area contributed by atoms with Gasteiger partial charge in [-0.25, -0.2) is 4.98 Å². The lowest BCUT2D eigenvalue weighted by molar-refractivity contribution is 0.274. The minimum atomic E-state index is 0.327. The van der Waals surface area contributed by atoms with Gasteiger partial charge in [0.2, 0.25) is 5.88 Å². The molecule has 1 aromatic heterocycles. The van der Waals surface area contributed by atoms with Gasteiger partial charge in [-0.2, -0.15) is 0 Å². The molecule has 0 spiro atoms. The maximum absolute atomic E-state index is 5.85. The van der Waals surface area contributed by atoms with Crippen LogP contribution in [-0.4, -0.2) is 19.2 Å². The number of pyridine rings is 1. The van der Waals surface area contributed by atoms with Crippen molar-refractivity contribution in [2.24, 2.45) is 5.73 Å². The fourth-order valence-electron chi connectivity index (χ4n) is 1.90. The van der Waals surface area contributed by atoms with E-state index in [0.29, 0.717) is 30.5 Å². The van der Waals surface area contributed by atoms with E-state index in [2.05, 4.69) is 20.9 Å². The molecule has 2 N–H and O–H groups in total. The van der Waals surface area contributed by atoms with Gasteiger partial charge in [-0.15, -0.1) is 0 Å². The molecule has 0 aliphatic heterocycles. The van der Waals surface area contributed by atoms with E-state index in [1.54, 1.807) is 20.4 Å². The lowest BCUT2D eigenvalue weighted by Gasteiger charge is -2.14. The third-order valence-electron chi connectivity index (χ3n) is 2.94. The highest BCUT2D eigenvalue weighted by Crippen LogP contribution is 2.37. The fraction of sp³-hybridized carbons (Fsp3) is 0.267. The number of rotatable bonds is 6. The van der Waals surface area contributed by atoms with Gasteiger partial charge < -0.3 is 19.9 Å². The Morgan fingerprint density at radius 1 is 1.24 bits per heavy atom. The van der Waals surface area contributed by atoms with Gasteiger partial charge in [-0.1, -0.05) is 0 Å². The predicted molar refractivity (Wildman–Crippen MR) is 83.7 cm³/mol. The fourth-order valence-corrected chi connectivity index (χ4v) is 2.50. The number of aromatic nitrogens is 1. The summed E-state index contributed by atoms with van der Waals surface area (Å²) in [5, 5.41) is 0. The van der Waals surface area contributed by atoms with Crippen LogP contribution in [0, 0.1) is 0 Å². The first kappa shape index (κ1) is 15.6. The molecule has 0 bridgehead atoms. The smallest absolute Gasteiger partial charge is 0.219 e. The summed E-state index contributed by atoms with van der Waals surface area (Å²) in [4.78, 5) is 4.14. The molecular weight excluding hydrogens is 336 g/mol. The Morgan fingerprint density at radius 2 is 2.05 bits per heavy atom. The van der Waals surface area contributed by atoms with Gasteiger partial charge >= 0.3 is 0 Å². The molecule has 0 fully saturated rings. The Hall–Kier alpha value is -1.79. The maximum atomic E-state index is 5.85. The number of nitrogens with two attached hydrogens (primary N) is 1. The molecule has 0 saturated carbocycles. The van der Waals surface area contributed by atoms with Crippen molar-refractivity contribution < 1.29 is 14.2 Å². The molecule has 1 aromatic carbocycles. The monoisotopic (exact) mass is 352 g/mol. The molecule has 0 radical (unpaired) electrons. The van der Waals surface area contributed by atoms with Gasteiger partial charge in [0.1, 0.15) is 6.61 Å². The van der Waals surface area contributed by atoms with E-state index in [1.165, 1.54) is 0 Å². The van der Waals surface area contributed by atoms with E-state index in [1.807, 2.05) is 24.3 Å². The molecule has 21 heavy (non-hydrogen) atoms. The Labute approximate surface area is 132 Å². The minimum Gasteiger partial charge on any atom is -0.493 e. The van der Waals surface area contributed by atoms with Crippen LogP contribution in [-0.2, 0) is 13.2 Å². The highest BCUT2D eigenvalue weighted by Gasteiger charge is 2.13. The number of halogens is 1. The van der Waals surface area contributed by atoms with Crippen LogP contribution in [0.3, 0.4) is 0 Å². The predicted octanol–water partition coefficient (Wildman–Crippen LogP) is 2.90. The van der Waals surface area contributed by atoms with Crippen molar-refractivity contribution in [1.29, 1.82) is 0 Å². The number of ether oxygens (including phenoxy) is 3. The van der Waals surface area contributed by atoms with Crippen molar-refractivity contribution in [3.8, 4) is 17.4 Å². The molecule has 0 unspecified atom stereocenters. The Morgan fingerprint density at radius 3 is 2.71 bits per heavy atom. The molecule has 0 aliphatic rings. The van der Waals surface area contributed by atoms with Crippen LogP contribution in [0.15, 0.2) is 34.9 Å². The summed E-state index contributed by atoms with van der Waals surface area (Å²) >= 11 is 3.48. The van der Waals surface area contributed by atoms with Crippen LogP contribution in [0.2, 0.25) is 0 Å². The number of hydrogen-bond acceptors (Lipinski definition) is 5. The molecule has 0 saturated heterocycles. The van der Waals surface area contributed by atoms with E-state index >= 15 is 0 Å². The zero-order valence-electron chi connectivity index (χ0n) is 11.9. The third kappa shape index (κ3) is 3.65. The lowest BCUT2D eigenvalue weighted by atomic mass is 10.2. The summed E-state index contributed by atoms with van der Waals surface area (Å²) in [7, 11) is 3.18. The van der Waals surface area contributed by atoms with Crippen LogP contribution in [0.1, 0.15) is 11.1 Å². The van der Waals surface area contributed by atoms with Gasteiger partial charge in [-0.3, -0.25) is 0 Å². The van der Waals surface area contributed by atoms with Crippen LogP contribution < -0.4 is 19.9 Å². The summed E-state index contributed by atoms with van der Waals surface area (Å²) in [5.41, 5.74) is 7.47. The van der Waals surface area contributed by atoms with Crippen molar-refractivity contribution in [2.75, 3.05) is 14.2 Å². The molecular formula is C15H17BrN2O3. The second-order valence-corrected chi connectivity index (χ2v) is 5.13. The number of methoxy groups -OCH3 is 2. The van der Waals surface area contributed by atoms with Gasteiger partial charge in [0, 0.05) is 12.7 Å². The average Bonchev–Trinajstić information content (AvgIpc) is 2.53. The summed E-state index contributed by atoms with van der Waals surface area (Å²) in [6.07, 6.45) is 1.68. The highest BCUT2D eigenvalue weighted by atomic mass is 79.9. The van der Waals surface area contributed by atoms with Gasteiger partial charge in [0.15, 0.2) is 11.5 Å². The summed E-state index contributed by atoms with van der Waals surface area (Å²) in [6.45, 7) is 0.764. The van der Waals surface area contributed by atoms with Crippen molar-refractivity contribution in [1.82, 2.24) is 4.98 Å². The molecule has 0 atom stereocenters. The molecule has 5 nitrogen and oxygen atoms in total. The summed E-state index contributed by atoms with van der Waals surface area (Å²) in [5.74, 6) is 1.81.